The first-order valence-corrected chi connectivity index (χ1v) is 8.53. The zero-order valence-corrected chi connectivity index (χ0v) is 15.0. The third kappa shape index (κ3) is 7.08. The first-order valence-electron chi connectivity index (χ1n) is 8.53. The lowest BCUT2D eigenvalue weighted by atomic mass is 10.1. The molecule has 7 heteroatoms. The molecule has 7 nitrogen and oxygen atoms in total. The van der Waals surface area contributed by atoms with Crippen molar-refractivity contribution in [2.45, 2.75) is 20.0 Å². The third-order valence-corrected chi connectivity index (χ3v) is 3.48. The number of rotatable bonds is 8. The number of nitrogens with one attached hydrogen (secondary N) is 2. The summed E-state index contributed by atoms with van der Waals surface area (Å²) in [7, 11) is 0. The summed E-state index contributed by atoms with van der Waals surface area (Å²) >= 11 is 0. The summed E-state index contributed by atoms with van der Waals surface area (Å²) in [4.78, 5) is 23.1. The van der Waals surface area contributed by atoms with Crippen molar-refractivity contribution >= 4 is 17.7 Å². The van der Waals surface area contributed by atoms with Crippen molar-refractivity contribution in [2.24, 2.45) is 0 Å². The number of nitrogens with zero attached hydrogens (tertiary/aromatic N) is 1. The highest BCUT2D eigenvalue weighted by Gasteiger charge is 2.06. The molecule has 2 rings (SSSR count). The quantitative estimate of drug-likeness (QED) is 0.746. The Morgan fingerprint density at radius 3 is 2.74 bits per heavy atom. The van der Waals surface area contributed by atoms with Crippen LogP contribution in [0.2, 0.25) is 0 Å². The van der Waals surface area contributed by atoms with Gasteiger partial charge >= 0.3 is 6.09 Å². The zero-order valence-electron chi connectivity index (χ0n) is 15.0. The van der Waals surface area contributed by atoms with Crippen molar-refractivity contribution in [3.8, 4) is 11.8 Å². The van der Waals surface area contributed by atoms with Crippen LogP contribution in [0.1, 0.15) is 24.5 Å². The van der Waals surface area contributed by atoms with Gasteiger partial charge in [0.25, 0.3) is 0 Å². The summed E-state index contributed by atoms with van der Waals surface area (Å²) < 4.78 is 10.4. The molecule has 0 fully saturated rings. The van der Waals surface area contributed by atoms with Crippen LogP contribution in [0.15, 0.2) is 48.5 Å². The normalized spacial score (nSPS) is 9.78. The Hall–Kier alpha value is -3.53. The SMILES string of the molecule is CCOC(=O)NCCC(=O)Nc1cccc(OCc2cccc(C#N)c2)c1. The highest BCUT2D eigenvalue weighted by Crippen LogP contribution is 2.19. The predicted molar refractivity (Wildman–Crippen MR) is 100 cm³/mol. The van der Waals surface area contributed by atoms with Gasteiger partial charge in [-0.1, -0.05) is 18.2 Å². The van der Waals surface area contributed by atoms with Crippen LogP contribution in [0, 0.1) is 11.3 Å². The van der Waals surface area contributed by atoms with Crippen LogP contribution in [0.4, 0.5) is 10.5 Å². The number of carbonyl (C=O) groups is 2. The number of hydrogen-bond donors (Lipinski definition) is 2. The van der Waals surface area contributed by atoms with E-state index in [0.717, 1.165) is 5.56 Å². The molecule has 2 amide bonds. The number of carbonyl (C=O) groups excluding carboxylic acids is 2. The van der Waals surface area contributed by atoms with E-state index in [9.17, 15) is 9.59 Å². The molecule has 0 saturated carbocycles. The van der Waals surface area contributed by atoms with E-state index in [1.807, 2.05) is 6.07 Å². The first-order chi connectivity index (χ1) is 13.1. The molecule has 0 spiro atoms. The summed E-state index contributed by atoms with van der Waals surface area (Å²) in [5.74, 6) is 0.366. The third-order valence-electron chi connectivity index (χ3n) is 3.48. The minimum Gasteiger partial charge on any atom is -0.489 e. The van der Waals surface area contributed by atoms with E-state index in [4.69, 9.17) is 14.7 Å². The molecule has 0 unspecified atom stereocenters. The Morgan fingerprint density at radius 1 is 1.15 bits per heavy atom. The average Bonchev–Trinajstić information content (AvgIpc) is 2.67. The van der Waals surface area contributed by atoms with Crippen LogP contribution in [-0.2, 0) is 16.1 Å². The largest absolute Gasteiger partial charge is 0.489 e. The number of anilines is 1. The van der Waals surface area contributed by atoms with Crippen molar-refractivity contribution in [1.29, 1.82) is 5.26 Å². The van der Waals surface area contributed by atoms with E-state index < -0.39 is 6.09 Å². The highest BCUT2D eigenvalue weighted by molar-refractivity contribution is 5.91. The number of ether oxygens (including phenoxy) is 2. The second kappa shape index (κ2) is 10.5. The van der Waals surface area contributed by atoms with E-state index in [1.165, 1.54) is 0 Å². The van der Waals surface area contributed by atoms with E-state index in [-0.39, 0.29) is 25.5 Å². The van der Waals surface area contributed by atoms with Crippen molar-refractivity contribution in [1.82, 2.24) is 5.32 Å². The van der Waals surface area contributed by atoms with E-state index >= 15 is 0 Å². The number of alkyl carbamates (subject to hydrolysis) is 1. The number of nitriles is 1. The van der Waals surface area contributed by atoms with Crippen LogP contribution in [-0.4, -0.2) is 25.2 Å². The summed E-state index contributed by atoms with van der Waals surface area (Å²) in [5, 5.41) is 14.2. The maximum absolute atomic E-state index is 11.9. The van der Waals surface area contributed by atoms with Crippen LogP contribution >= 0.6 is 0 Å². The van der Waals surface area contributed by atoms with Crippen molar-refractivity contribution < 1.29 is 19.1 Å². The van der Waals surface area contributed by atoms with Gasteiger partial charge in [-0.05, 0) is 36.8 Å². The molecule has 2 N–H and O–H groups in total. The van der Waals surface area contributed by atoms with Gasteiger partial charge < -0.3 is 20.1 Å². The molecule has 0 bridgehead atoms. The zero-order chi connectivity index (χ0) is 19.5. The molecule has 27 heavy (non-hydrogen) atoms. The van der Waals surface area contributed by atoms with E-state index in [0.29, 0.717) is 23.6 Å². The van der Waals surface area contributed by atoms with Gasteiger partial charge in [0.2, 0.25) is 5.91 Å². The molecular weight excluding hydrogens is 346 g/mol. The molecule has 0 radical (unpaired) electrons. The second-order valence-electron chi connectivity index (χ2n) is 5.57. The Bertz CT molecular complexity index is 830. The van der Waals surface area contributed by atoms with Crippen LogP contribution in [0.5, 0.6) is 5.75 Å². The Kier molecular flexibility index (Phi) is 7.67. The molecule has 0 aliphatic rings. The Balaban J connectivity index is 1.83. The predicted octanol–water partition coefficient (Wildman–Crippen LogP) is 3.21. The Morgan fingerprint density at radius 2 is 1.96 bits per heavy atom. The fraction of sp³-hybridized carbons (Fsp3) is 0.250. The molecule has 2 aromatic rings. The second-order valence-corrected chi connectivity index (χ2v) is 5.57. The Labute approximate surface area is 157 Å². The molecule has 0 heterocycles. The molecule has 0 saturated heterocycles. The lowest BCUT2D eigenvalue weighted by molar-refractivity contribution is -0.116. The van der Waals surface area contributed by atoms with Gasteiger partial charge in [0, 0.05) is 24.7 Å². The molecule has 0 aromatic heterocycles. The van der Waals surface area contributed by atoms with Gasteiger partial charge in [0.15, 0.2) is 0 Å². The maximum atomic E-state index is 11.9. The standard InChI is InChI=1S/C20H21N3O4/c1-2-26-20(25)22-10-9-19(24)23-17-7-4-8-18(12-17)27-14-16-6-3-5-15(11-16)13-21/h3-8,11-12H,2,9-10,14H2,1H3,(H,22,25)(H,23,24). The van der Waals surface area contributed by atoms with Crippen molar-refractivity contribution in [3.05, 3.63) is 59.7 Å². The number of hydrogen-bond acceptors (Lipinski definition) is 5. The summed E-state index contributed by atoms with van der Waals surface area (Å²) in [5.41, 5.74) is 2.06. The number of benzene rings is 2. The highest BCUT2D eigenvalue weighted by atomic mass is 16.5. The van der Waals surface area contributed by atoms with E-state index in [1.54, 1.807) is 49.4 Å². The summed E-state index contributed by atoms with van der Waals surface area (Å²) in [6, 6.07) is 16.3. The molecule has 0 aliphatic carbocycles. The van der Waals surface area contributed by atoms with Gasteiger partial charge in [-0.25, -0.2) is 4.79 Å². The lowest BCUT2D eigenvalue weighted by Crippen LogP contribution is -2.28. The van der Waals surface area contributed by atoms with Gasteiger partial charge in [0.05, 0.1) is 18.2 Å². The molecule has 0 atom stereocenters. The van der Waals surface area contributed by atoms with Gasteiger partial charge in [-0.2, -0.15) is 5.26 Å². The van der Waals surface area contributed by atoms with Crippen molar-refractivity contribution in [3.63, 3.8) is 0 Å². The van der Waals surface area contributed by atoms with Crippen molar-refractivity contribution in [2.75, 3.05) is 18.5 Å². The number of amides is 2. The summed E-state index contributed by atoms with van der Waals surface area (Å²) in [6.07, 6.45) is -0.411. The molecule has 140 valence electrons. The van der Waals surface area contributed by atoms with Gasteiger partial charge in [-0.15, -0.1) is 0 Å². The van der Waals surface area contributed by atoms with Crippen LogP contribution in [0.25, 0.3) is 0 Å². The summed E-state index contributed by atoms with van der Waals surface area (Å²) in [6.45, 7) is 2.50. The van der Waals surface area contributed by atoms with Gasteiger partial charge in [-0.3, -0.25) is 4.79 Å². The lowest BCUT2D eigenvalue weighted by Gasteiger charge is -2.10. The van der Waals surface area contributed by atoms with E-state index in [2.05, 4.69) is 16.7 Å². The average molecular weight is 367 g/mol. The molecule has 0 aliphatic heterocycles. The monoisotopic (exact) mass is 367 g/mol. The molecular formula is C20H21N3O4. The molecule has 2 aromatic carbocycles. The topological polar surface area (TPSA) is 100 Å². The fourth-order valence-electron chi connectivity index (χ4n) is 2.24. The maximum Gasteiger partial charge on any atom is 0.407 e. The first kappa shape index (κ1) is 19.8. The van der Waals surface area contributed by atoms with Crippen LogP contribution < -0.4 is 15.4 Å². The smallest absolute Gasteiger partial charge is 0.407 e. The fourth-order valence-corrected chi connectivity index (χ4v) is 2.24. The minimum absolute atomic E-state index is 0.130. The van der Waals surface area contributed by atoms with Gasteiger partial charge in [0.1, 0.15) is 12.4 Å². The van der Waals surface area contributed by atoms with Crippen LogP contribution in [0.3, 0.4) is 0 Å². The minimum atomic E-state index is -0.541.